The highest BCUT2D eigenvalue weighted by molar-refractivity contribution is 5.94. The molecule has 0 radical (unpaired) electrons. The summed E-state index contributed by atoms with van der Waals surface area (Å²) < 4.78 is 0. The molecule has 0 saturated carbocycles. The molecule has 1 aromatic heterocycles. The third-order valence-corrected chi connectivity index (χ3v) is 3.56. The number of hydrogen-bond donors (Lipinski definition) is 3. The van der Waals surface area contributed by atoms with Crippen molar-refractivity contribution < 1.29 is 4.79 Å². The molecule has 0 bridgehead atoms. The van der Waals surface area contributed by atoms with Gasteiger partial charge in [-0.3, -0.25) is 9.89 Å². The second-order valence-corrected chi connectivity index (χ2v) is 4.95. The van der Waals surface area contributed by atoms with Crippen LogP contribution in [0.2, 0.25) is 0 Å². The Morgan fingerprint density at radius 3 is 3.00 bits per heavy atom. The first-order chi connectivity index (χ1) is 9.84. The smallest absolute Gasteiger partial charge is 0.272 e. The molecule has 104 valence electrons. The van der Waals surface area contributed by atoms with E-state index in [2.05, 4.69) is 33.0 Å². The van der Waals surface area contributed by atoms with Gasteiger partial charge in [0.05, 0.1) is 0 Å². The zero-order valence-electron chi connectivity index (χ0n) is 11.3. The molecular weight excluding hydrogens is 252 g/mol. The summed E-state index contributed by atoms with van der Waals surface area (Å²) in [7, 11) is 0. The third kappa shape index (κ3) is 2.72. The number of rotatable bonds is 4. The molecule has 1 aromatic carbocycles. The zero-order chi connectivity index (χ0) is 13.8. The van der Waals surface area contributed by atoms with E-state index in [4.69, 9.17) is 0 Å². The molecule has 3 N–H and O–H groups in total. The fraction of sp³-hybridized carbons (Fsp3) is 0.333. The van der Waals surface area contributed by atoms with Gasteiger partial charge in [0.15, 0.2) is 5.69 Å². The van der Waals surface area contributed by atoms with Gasteiger partial charge in [-0.05, 0) is 12.0 Å². The van der Waals surface area contributed by atoms with Gasteiger partial charge in [0, 0.05) is 37.3 Å². The highest BCUT2D eigenvalue weighted by atomic mass is 16.1. The van der Waals surface area contributed by atoms with Crippen molar-refractivity contribution in [3.05, 3.63) is 52.8 Å². The number of benzene rings is 1. The summed E-state index contributed by atoms with van der Waals surface area (Å²) in [6.45, 7) is 2.27. The number of carbonyl (C=O) groups excluding carboxylic acids is 1. The molecule has 0 atom stereocenters. The van der Waals surface area contributed by atoms with Crippen molar-refractivity contribution >= 4 is 5.91 Å². The Morgan fingerprint density at radius 1 is 1.30 bits per heavy atom. The first-order valence-corrected chi connectivity index (χ1v) is 6.93. The summed E-state index contributed by atoms with van der Waals surface area (Å²) in [4.78, 5) is 12.1. The second-order valence-electron chi connectivity index (χ2n) is 4.95. The molecular formula is C15H18N4O. The van der Waals surface area contributed by atoms with Crippen molar-refractivity contribution in [1.29, 1.82) is 0 Å². The van der Waals surface area contributed by atoms with Crippen LogP contribution in [0.25, 0.3) is 0 Å². The Bertz CT molecular complexity index is 591. The van der Waals surface area contributed by atoms with E-state index in [0.29, 0.717) is 18.8 Å². The molecule has 1 aliphatic rings. The van der Waals surface area contributed by atoms with Crippen LogP contribution in [0.5, 0.6) is 0 Å². The van der Waals surface area contributed by atoms with Crippen molar-refractivity contribution in [3.63, 3.8) is 0 Å². The number of fused-ring (bicyclic) bond motifs is 1. The monoisotopic (exact) mass is 270 g/mol. The van der Waals surface area contributed by atoms with E-state index in [9.17, 15) is 4.79 Å². The average molecular weight is 270 g/mol. The van der Waals surface area contributed by atoms with Gasteiger partial charge in [-0.1, -0.05) is 30.3 Å². The van der Waals surface area contributed by atoms with Crippen LogP contribution in [0.15, 0.2) is 30.3 Å². The van der Waals surface area contributed by atoms with Gasteiger partial charge < -0.3 is 10.6 Å². The van der Waals surface area contributed by atoms with Gasteiger partial charge in [-0.2, -0.15) is 5.10 Å². The fourth-order valence-electron chi connectivity index (χ4n) is 2.46. The maximum atomic E-state index is 12.1. The Labute approximate surface area is 117 Å². The Balaban J connectivity index is 1.58. The zero-order valence-corrected chi connectivity index (χ0v) is 11.3. The molecule has 1 aliphatic heterocycles. The number of amides is 1. The van der Waals surface area contributed by atoms with Crippen LogP contribution >= 0.6 is 0 Å². The van der Waals surface area contributed by atoms with Crippen LogP contribution in [0.4, 0.5) is 0 Å². The number of carbonyl (C=O) groups is 1. The molecule has 0 fully saturated rings. The second kappa shape index (κ2) is 5.88. The van der Waals surface area contributed by atoms with Crippen LogP contribution in [0, 0.1) is 0 Å². The van der Waals surface area contributed by atoms with E-state index in [1.165, 1.54) is 5.56 Å². The molecule has 3 rings (SSSR count). The summed E-state index contributed by atoms with van der Waals surface area (Å²) in [5.74, 6) is -0.0952. The van der Waals surface area contributed by atoms with E-state index in [0.717, 1.165) is 30.6 Å². The lowest BCUT2D eigenvalue weighted by molar-refractivity contribution is 0.0948. The standard InChI is InChI=1S/C15H18N4O/c20-15(17-9-6-11-4-2-1-3-5-11)14-12-10-16-8-7-13(12)18-19-14/h1-5,16H,6-10H2,(H,17,20)(H,18,19). The molecule has 2 aromatic rings. The maximum absolute atomic E-state index is 12.1. The number of aromatic nitrogens is 2. The minimum Gasteiger partial charge on any atom is -0.350 e. The first kappa shape index (κ1) is 12.9. The third-order valence-electron chi connectivity index (χ3n) is 3.56. The quantitative estimate of drug-likeness (QED) is 0.777. The van der Waals surface area contributed by atoms with Gasteiger partial charge >= 0.3 is 0 Å². The molecule has 5 heteroatoms. The first-order valence-electron chi connectivity index (χ1n) is 6.93. The molecule has 20 heavy (non-hydrogen) atoms. The number of hydrogen-bond acceptors (Lipinski definition) is 3. The van der Waals surface area contributed by atoms with Crippen LogP contribution < -0.4 is 10.6 Å². The average Bonchev–Trinajstić information content (AvgIpc) is 2.92. The minimum absolute atomic E-state index is 0.0952. The summed E-state index contributed by atoms with van der Waals surface area (Å²) in [5, 5.41) is 13.3. The highest BCUT2D eigenvalue weighted by Crippen LogP contribution is 2.14. The summed E-state index contributed by atoms with van der Waals surface area (Å²) >= 11 is 0. The number of aromatic amines is 1. The number of nitrogens with one attached hydrogen (secondary N) is 3. The van der Waals surface area contributed by atoms with E-state index in [-0.39, 0.29) is 5.91 Å². The van der Waals surface area contributed by atoms with Crippen LogP contribution in [-0.2, 0) is 19.4 Å². The van der Waals surface area contributed by atoms with Crippen LogP contribution in [-0.4, -0.2) is 29.2 Å². The van der Waals surface area contributed by atoms with E-state index >= 15 is 0 Å². The Hall–Kier alpha value is -2.14. The molecule has 0 spiro atoms. The SMILES string of the molecule is O=C(NCCc1ccccc1)c1n[nH]c2c1CNCC2. The predicted octanol–water partition coefficient (Wildman–Crippen LogP) is 1.03. The summed E-state index contributed by atoms with van der Waals surface area (Å²) in [6, 6.07) is 10.1. The molecule has 2 heterocycles. The van der Waals surface area contributed by atoms with Crippen molar-refractivity contribution in [2.24, 2.45) is 0 Å². The van der Waals surface area contributed by atoms with Gasteiger partial charge in [0.1, 0.15) is 0 Å². The van der Waals surface area contributed by atoms with Crippen LogP contribution in [0.3, 0.4) is 0 Å². The molecule has 1 amide bonds. The van der Waals surface area contributed by atoms with Crippen LogP contribution in [0.1, 0.15) is 27.3 Å². The van der Waals surface area contributed by atoms with Crippen molar-refractivity contribution in [2.45, 2.75) is 19.4 Å². The fourth-order valence-corrected chi connectivity index (χ4v) is 2.46. The lowest BCUT2D eigenvalue weighted by atomic mass is 10.1. The summed E-state index contributed by atoms with van der Waals surface area (Å²) in [6.07, 6.45) is 1.73. The molecule has 5 nitrogen and oxygen atoms in total. The highest BCUT2D eigenvalue weighted by Gasteiger charge is 2.20. The largest absolute Gasteiger partial charge is 0.350 e. The van der Waals surface area contributed by atoms with Gasteiger partial charge in [0.25, 0.3) is 5.91 Å². The predicted molar refractivity (Wildman–Crippen MR) is 76.5 cm³/mol. The summed E-state index contributed by atoms with van der Waals surface area (Å²) in [5.41, 5.74) is 3.84. The van der Waals surface area contributed by atoms with Gasteiger partial charge in [-0.15, -0.1) is 0 Å². The minimum atomic E-state index is -0.0952. The molecule has 0 saturated heterocycles. The maximum Gasteiger partial charge on any atom is 0.272 e. The molecule has 0 unspecified atom stereocenters. The normalized spacial score (nSPS) is 13.8. The Kier molecular flexibility index (Phi) is 3.78. The van der Waals surface area contributed by atoms with Gasteiger partial charge in [-0.25, -0.2) is 0 Å². The molecule has 0 aliphatic carbocycles. The van der Waals surface area contributed by atoms with E-state index in [1.807, 2.05) is 18.2 Å². The number of nitrogens with zero attached hydrogens (tertiary/aromatic N) is 1. The topological polar surface area (TPSA) is 69.8 Å². The Morgan fingerprint density at radius 2 is 2.15 bits per heavy atom. The lowest BCUT2D eigenvalue weighted by Crippen LogP contribution is -2.29. The number of H-pyrrole nitrogens is 1. The van der Waals surface area contributed by atoms with Crippen molar-refractivity contribution in [1.82, 2.24) is 20.8 Å². The lowest BCUT2D eigenvalue weighted by Gasteiger charge is -2.12. The van der Waals surface area contributed by atoms with Crippen molar-refractivity contribution in [3.8, 4) is 0 Å². The van der Waals surface area contributed by atoms with E-state index < -0.39 is 0 Å². The van der Waals surface area contributed by atoms with Crippen molar-refractivity contribution in [2.75, 3.05) is 13.1 Å². The van der Waals surface area contributed by atoms with E-state index in [1.54, 1.807) is 0 Å². The van der Waals surface area contributed by atoms with Gasteiger partial charge in [0.2, 0.25) is 0 Å².